The molecule has 0 bridgehead atoms. The van der Waals surface area contributed by atoms with Gasteiger partial charge in [0, 0.05) is 23.7 Å². The van der Waals surface area contributed by atoms with Gasteiger partial charge in [0.1, 0.15) is 6.04 Å². The zero-order valence-electron chi connectivity index (χ0n) is 10.3. The van der Waals surface area contributed by atoms with Crippen LogP contribution >= 0.6 is 11.8 Å². The monoisotopic (exact) mass is 281 g/mol. The number of carboxylic acid groups (broad SMARTS) is 1. The van der Waals surface area contributed by atoms with Crippen molar-refractivity contribution in [2.45, 2.75) is 12.5 Å². The molecule has 3 N–H and O–H groups in total. The summed E-state index contributed by atoms with van der Waals surface area (Å²) >= 11 is 1.55. The number of carboxylic acids is 1. The van der Waals surface area contributed by atoms with Crippen molar-refractivity contribution in [1.82, 2.24) is 9.88 Å². The van der Waals surface area contributed by atoms with Crippen LogP contribution in [0, 0.1) is 0 Å². The molecule has 0 aromatic carbocycles. The smallest absolute Gasteiger partial charge is 0.327 e. The number of carbonyl (C=O) groups is 2. The number of nitrogens with two attached hydrogens (primary N) is 1. The number of pyridine rings is 1. The molecule has 1 aliphatic heterocycles. The Kier molecular flexibility index (Phi) is 4.26. The van der Waals surface area contributed by atoms with Gasteiger partial charge in [-0.25, -0.2) is 4.79 Å². The third-order valence-electron chi connectivity index (χ3n) is 2.91. The first-order chi connectivity index (χ1) is 9.08. The van der Waals surface area contributed by atoms with E-state index in [0.717, 1.165) is 5.75 Å². The molecular formula is C12H15N3O3S. The lowest BCUT2D eigenvalue weighted by molar-refractivity contribution is -0.149. The quantitative estimate of drug-likeness (QED) is 0.823. The van der Waals surface area contributed by atoms with E-state index in [0.29, 0.717) is 23.7 Å². The number of hydrogen-bond donors (Lipinski definition) is 2. The van der Waals surface area contributed by atoms with Crippen LogP contribution in [0.2, 0.25) is 0 Å². The van der Waals surface area contributed by atoms with Crippen molar-refractivity contribution >= 4 is 29.3 Å². The van der Waals surface area contributed by atoms with Gasteiger partial charge >= 0.3 is 5.97 Å². The Morgan fingerprint density at radius 2 is 2.32 bits per heavy atom. The second-order valence-corrected chi connectivity index (χ2v) is 5.43. The van der Waals surface area contributed by atoms with Crippen LogP contribution in [0.4, 0.5) is 5.69 Å². The van der Waals surface area contributed by atoms with Crippen LogP contribution in [0.15, 0.2) is 18.3 Å². The highest BCUT2D eigenvalue weighted by Crippen LogP contribution is 2.18. The topological polar surface area (TPSA) is 96.5 Å². The van der Waals surface area contributed by atoms with Crippen molar-refractivity contribution in [2.75, 3.05) is 23.8 Å². The summed E-state index contributed by atoms with van der Waals surface area (Å²) in [5.41, 5.74) is 6.66. The van der Waals surface area contributed by atoms with Crippen LogP contribution in [-0.2, 0) is 16.0 Å². The SMILES string of the molecule is Nc1ccc(CC(=O)N2CCSCC2C(=O)O)nc1. The Hall–Kier alpha value is -1.76. The average molecular weight is 281 g/mol. The summed E-state index contributed by atoms with van der Waals surface area (Å²) in [4.78, 5) is 28.8. The molecule has 1 unspecified atom stereocenters. The van der Waals surface area contributed by atoms with E-state index in [1.54, 1.807) is 23.9 Å². The number of thioether (sulfide) groups is 1. The van der Waals surface area contributed by atoms with Crippen molar-refractivity contribution in [2.24, 2.45) is 0 Å². The molecule has 1 atom stereocenters. The van der Waals surface area contributed by atoms with Crippen LogP contribution in [0.25, 0.3) is 0 Å². The lowest BCUT2D eigenvalue weighted by atomic mass is 10.2. The zero-order valence-corrected chi connectivity index (χ0v) is 11.1. The minimum absolute atomic E-state index is 0.106. The fourth-order valence-corrected chi connectivity index (χ4v) is 2.94. The summed E-state index contributed by atoms with van der Waals surface area (Å²) in [5, 5.41) is 9.12. The maximum Gasteiger partial charge on any atom is 0.327 e. The van der Waals surface area contributed by atoms with E-state index in [4.69, 9.17) is 10.8 Å². The molecule has 0 aliphatic carbocycles. The summed E-state index contributed by atoms with van der Waals surface area (Å²) in [6.07, 6.45) is 1.60. The number of aromatic nitrogens is 1. The Morgan fingerprint density at radius 1 is 1.53 bits per heavy atom. The summed E-state index contributed by atoms with van der Waals surface area (Å²) in [6, 6.07) is 2.62. The first-order valence-corrected chi connectivity index (χ1v) is 7.04. The van der Waals surface area contributed by atoms with Gasteiger partial charge in [0.25, 0.3) is 0 Å². The van der Waals surface area contributed by atoms with Crippen molar-refractivity contribution in [1.29, 1.82) is 0 Å². The van der Waals surface area contributed by atoms with Crippen molar-refractivity contribution in [3.8, 4) is 0 Å². The van der Waals surface area contributed by atoms with Gasteiger partial charge in [0.15, 0.2) is 0 Å². The van der Waals surface area contributed by atoms with Crippen LogP contribution in [0.3, 0.4) is 0 Å². The maximum absolute atomic E-state index is 12.1. The molecule has 6 nitrogen and oxygen atoms in total. The molecule has 7 heteroatoms. The molecule has 1 saturated heterocycles. The predicted molar refractivity (Wildman–Crippen MR) is 72.8 cm³/mol. The third kappa shape index (κ3) is 3.37. The molecule has 2 rings (SSSR count). The normalized spacial score (nSPS) is 19.2. The van der Waals surface area contributed by atoms with Crippen LogP contribution < -0.4 is 5.73 Å². The summed E-state index contributed by atoms with van der Waals surface area (Å²) in [6.45, 7) is 0.468. The summed E-state index contributed by atoms with van der Waals surface area (Å²) in [7, 11) is 0. The van der Waals surface area contributed by atoms with Crippen molar-refractivity contribution in [3.63, 3.8) is 0 Å². The van der Waals surface area contributed by atoms with Crippen molar-refractivity contribution < 1.29 is 14.7 Å². The number of carbonyl (C=O) groups excluding carboxylic acids is 1. The molecule has 2 heterocycles. The number of nitrogens with zero attached hydrogens (tertiary/aromatic N) is 2. The van der Waals surface area contributed by atoms with E-state index in [9.17, 15) is 9.59 Å². The molecule has 102 valence electrons. The van der Waals surface area contributed by atoms with Crippen LogP contribution in [0.5, 0.6) is 0 Å². The van der Waals surface area contributed by atoms with E-state index < -0.39 is 12.0 Å². The van der Waals surface area contributed by atoms with E-state index in [1.165, 1.54) is 11.1 Å². The lowest BCUT2D eigenvalue weighted by Gasteiger charge is -2.32. The number of amides is 1. The molecule has 1 fully saturated rings. The molecule has 1 aromatic heterocycles. The number of hydrogen-bond acceptors (Lipinski definition) is 5. The lowest BCUT2D eigenvalue weighted by Crippen LogP contribution is -2.50. The van der Waals surface area contributed by atoms with Gasteiger partial charge in [-0.3, -0.25) is 9.78 Å². The van der Waals surface area contributed by atoms with Gasteiger partial charge in [0.2, 0.25) is 5.91 Å². The highest BCUT2D eigenvalue weighted by atomic mass is 32.2. The number of nitrogen functional groups attached to an aromatic ring is 1. The Bertz CT molecular complexity index is 478. The number of rotatable bonds is 3. The fraction of sp³-hybridized carbons (Fsp3) is 0.417. The van der Waals surface area contributed by atoms with Gasteiger partial charge in [-0.05, 0) is 12.1 Å². The van der Waals surface area contributed by atoms with Crippen molar-refractivity contribution in [3.05, 3.63) is 24.0 Å². The minimum Gasteiger partial charge on any atom is -0.480 e. The molecule has 0 spiro atoms. The van der Waals surface area contributed by atoms with E-state index in [2.05, 4.69) is 4.98 Å². The molecule has 1 aliphatic rings. The summed E-state index contributed by atoms with van der Waals surface area (Å²) < 4.78 is 0. The molecule has 1 amide bonds. The number of aliphatic carboxylic acids is 1. The molecular weight excluding hydrogens is 266 g/mol. The van der Waals surface area contributed by atoms with Crippen LogP contribution in [-0.4, -0.2) is 51.0 Å². The maximum atomic E-state index is 12.1. The fourth-order valence-electron chi connectivity index (χ4n) is 1.90. The standard InChI is InChI=1S/C12H15N3O3S/c13-8-1-2-9(14-6-8)5-11(16)15-3-4-19-7-10(15)12(17)18/h1-2,6,10H,3-5,7,13H2,(H,17,18). The van der Waals surface area contributed by atoms with Gasteiger partial charge < -0.3 is 15.7 Å². The van der Waals surface area contributed by atoms with E-state index >= 15 is 0 Å². The van der Waals surface area contributed by atoms with Gasteiger partial charge in [0.05, 0.1) is 18.3 Å². The Balaban J connectivity index is 2.05. The van der Waals surface area contributed by atoms with E-state index in [1.807, 2.05) is 0 Å². The summed E-state index contributed by atoms with van der Waals surface area (Å²) in [5.74, 6) is 0.0526. The molecule has 1 aromatic rings. The molecule has 0 radical (unpaired) electrons. The van der Waals surface area contributed by atoms with E-state index in [-0.39, 0.29) is 12.3 Å². The highest BCUT2D eigenvalue weighted by Gasteiger charge is 2.32. The first kappa shape index (κ1) is 13.7. The number of anilines is 1. The largest absolute Gasteiger partial charge is 0.480 e. The third-order valence-corrected chi connectivity index (χ3v) is 3.94. The second-order valence-electron chi connectivity index (χ2n) is 4.28. The van der Waals surface area contributed by atoms with Crippen LogP contribution in [0.1, 0.15) is 5.69 Å². The molecule has 19 heavy (non-hydrogen) atoms. The average Bonchev–Trinajstić information content (AvgIpc) is 2.41. The van der Waals surface area contributed by atoms with Gasteiger partial charge in [-0.1, -0.05) is 0 Å². The highest BCUT2D eigenvalue weighted by molar-refractivity contribution is 7.99. The zero-order chi connectivity index (χ0) is 13.8. The second kappa shape index (κ2) is 5.92. The molecule has 0 saturated carbocycles. The Labute approximate surface area is 115 Å². The first-order valence-electron chi connectivity index (χ1n) is 5.88. The Morgan fingerprint density at radius 3 is 2.95 bits per heavy atom. The van der Waals surface area contributed by atoms with Gasteiger partial charge in [-0.15, -0.1) is 0 Å². The van der Waals surface area contributed by atoms with Gasteiger partial charge in [-0.2, -0.15) is 11.8 Å². The minimum atomic E-state index is -0.953. The predicted octanol–water partition coefficient (Wildman–Crippen LogP) is 0.235.